The van der Waals surface area contributed by atoms with Crippen molar-refractivity contribution in [2.45, 2.75) is 6.54 Å². The number of carbonyl (C=O) groups is 1. The predicted octanol–water partition coefficient (Wildman–Crippen LogP) is 4.60. The van der Waals surface area contributed by atoms with E-state index in [1.54, 1.807) is 11.0 Å². The standard InChI is InChI=1S/C21H17ClN4O3S/c1-28-18-11-16(23-20(25-18)29-2)19(27)26(12-13-6-4-3-5-7-13)21-24-15-9-8-14(22)10-17(15)30-21/h3-11H,12H2,1-2H3. The Morgan fingerprint density at radius 2 is 1.83 bits per heavy atom. The minimum Gasteiger partial charge on any atom is -0.481 e. The molecule has 0 aliphatic rings. The molecule has 1 amide bonds. The summed E-state index contributed by atoms with van der Waals surface area (Å²) in [5, 5.41) is 1.15. The molecule has 0 bridgehead atoms. The van der Waals surface area contributed by atoms with Gasteiger partial charge in [-0.1, -0.05) is 53.3 Å². The number of carbonyl (C=O) groups excluding carboxylic acids is 1. The van der Waals surface area contributed by atoms with Crippen molar-refractivity contribution in [2.24, 2.45) is 0 Å². The van der Waals surface area contributed by atoms with Gasteiger partial charge in [0.15, 0.2) is 5.13 Å². The van der Waals surface area contributed by atoms with E-state index in [4.69, 9.17) is 21.1 Å². The van der Waals surface area contributed by atoms with E-state index >= 15 is 0 Å². The molecule has 0 radical (unpaired) electrons. The number of rotatable bonds is 6. The maximum atomic E-state index is 13.5. The molecule has 0 aliphatic carbocycles. The summed E-state index contributed by atoms with van der Waals surface area (Å²) < 4.78 is 11.2. The first kappa shape index (κ1) is 20.1. The first-order chi connectivity index (χ1) is 14.6. The quantitative estimate of drug-likeness (QED) is 0.436. The molecule has 0 N–H and O–H groups in total. The zero-order chi connectivity index (χ0) is 21.1. The summed E-state index contributed by atoms with van der Waals surface area (Å²) in [6.45, 7) is 0.321. The van der Waals surface area contributed by atoms with Crippen molar-refractivity contribution >= 4 is 44.2 Å². The van der Waals surface area contributed by atoms with Crippen molar-refractivity contribution in [3.8, 4) is 11.9 Å². The van der Waals surface area contributed by atoms with Crippen LogP contribution in [0.4, 0.5) is 5.13 Å². The number of benzene rings is 2. The van der Waals surface area contributed by atoms with Crippen LogP contribution >= 0.6 is 22.9 Å². The molecule has 2 heterocycles. The zero-order valence-electron chi connectivity index (χ0n) is 16.2. The van der Waals surface area contributed by atoms with Crippen LogP contribution in [0.3, 0.4) is 0 Å². The summed E-state index contributed by atoms with van der Waals surface area (Å²) in [6.07, 6.45) is 0. The van der Waals surface area contributed by atoms with E-state index in [0.29, 0.717) is 16.7 Å². The second-order valence-electron chi connectivity index (χ2n) is 6.27. The average Bonchev–Trinajstić information content (AvgIpc) is 3.20. The van der Waals surface area contributed by atoms with E-state index < -0.39 is 0 Å². The van der Waals surface area contributed by atoms with Crippen molar-refractivity contribution in [2.75, 3.05) is 19.1 Å². The first-order valence-corrected chi connectivity index (χ1v) is 10.2. The van der Waals surface area contributed by atoms with Crippen molar-refractivity contribution in [1.29, 1.82) is 0 Å². The minimum atomic E-state index is -0.344. The molecule has 30 heavy (non-hydrogen) atoms. The van der Waals surface area contributed by atoms with Crippen molar-refractivity contribution < 1.29 is 14.3 Å². The molecule has 4 rings (SSSR count). The Hall–Kier alpha value is -3.23. The fraction of sp³-hybridized carbons (Fsp3) is 0.143. The lowest BCUT2D eigenvalue weighted by atomic mass is 10.2. The molecule has 0 fully saturated rings. The minimum absolute atomic E-state index is 0.0495. The monoisotopic (exact) mass is 440 g/mol. The summed E-state index contributed by atoms with van der Waals surface area (Å²) in [5.74, 6) is -0.107. The molecule has 4 aromatic rings. The van der Waals surface area contributed by atoms with Gasteiger partial charge in [0.25, 0.3) is 5.91 Å². The fourth-order valence-electron chi connectivity index (χ4n) is 2.84. The molecule has 0 saturated heterocycles. The highest BCUT2D eigenvalue weighted by molar-refractivity contribution is 7.22. The summed E-state index contributed by atoms with van der Waals surface area (Å²) >= 11 is 7.50. The molecule has 0 aliphatic heterocycles. The Labute approximate surface area is 181 Å². The van der Waals surface area contributed by atoms with E-state index in [0.717, 1.165) is 15.8 Å². The molecular formula is C21H17ClN4O3S. The summed E-state index contributed by atoms with van der Waals surface area (Å²) in [4.78, 5) is 28.0. The molecule has 7 nitrogen and oxygen atoms in total. The maximum Gasteiger partial charge on any atom is 0.320 e. The van der Waals surface area contributed by atoms with Gasteiger partial charge in [-0.3, -0.25) is 9.69 Å². The number of methoxy groups -OCH3 is 2. The van der Waals surface area contributed by atoms with Crippen LogP contribution in [0.15, 0.2) is 54.6 Å². The van der Waals surface area contributed by atoms with Crippen LogP contribution in [-0.2, 0) is 6.54 Å². The third-order valence-electron chi connectivity index (χ3n) is 4.29. The number of anilines is 1. The molecule has 152 valence electrons. The Morgan fingerprint density at radius 1 is 1.03 bits per heavy atom. The Balaban J connectivity index is 1.79. The molecule has 0 atom stereocenters. The summed E-state index contributed by atoms with van der Waals surface area (Å²) in [7, 11) is 2.90. The van der Waals surface area contributed by atoms with Crippen molar-refractivity contribution in [3.63, 3.8) is 0 Å². The van der Waals surface area contributed by atoms with Gasteiger partial charge in [-0.25, -0.2) is 4.98 Å². The molecule has 0 spiro atoms. The SMILES string of the molecule is COc1cc(C(=O)N(Cc2ccccc2)c2nc3ccc(Cl)cc3s2)nc(OC)n1. The first-order valence-electron chi connectivity index (χ1n) is 8.96. The molecular weight excluding hydrogens is 424 g/mol. The Kier molecular flexibility index (Phi) is 5.78. The van der Waals surface area contributed by atoms with E-state index in [-0.39, 0.29) is 23.5 Å². The van der Waals surface area contributed by atoms with Crippen LogP contribution in [0.5, 0.6) is 11.9 Å². The Morgan fingerprint density at radius 3 is 2.57 bits per heavy atom. The smallest absolute Gasteiger partial charge is 0.320 e. The number of nitrogens with zero attached hydrogens (tertiary/aromatic N) is 4. The third-order valence-corrected chi connectivity index (χ3v) is 5.57. The predicted molar refractivity (Wildman–Crippen MR) is 117 cm³/mol. The second-order valence-corrected chi connectivity index (χ2v) is 7.71. The van der Waals surface area contributed by atoms with Gasteiger partial charge in [-0.15, -0.1) is 0 Å². The zero-order valence-corrected chi connectivity index (χ0v) is 17.8. The number of hydrogen-bond donors (Lipinski definition) is 0. The van der Waals surface area contributed by atoms with Gasteiger partial charge >= 0.3 is 6.01 Å². The molecule has 0 unspecified atom stereocenters. The molecule has 0 saturated carbocycles. The number of fused-ring (bicyclic) bond motifs is 1. The van der Waals surface area contributed by atoms with Crippen LogP contribution < -0.4 is 14.4 Å². The lowest BCUT2D eigenvalue weighted by molar-refractivity contribution is 0.0978. The largest absolute Gasteiger partial charge is 0.481 e. The van der Waals surface area contributed by atoms with Crippen LogP contribution in [0.2, 0.25) is 5.02 Å². The highest BCUT2D eigenvalue weighted by atomic mass is 35.5. The highest BCUT2D eigenvalue weighted by Crippen LogP contribution is 2.32. The number of ether oxygens (including phenoxy) is 2. The summed E-state index contributed by atoms with van der Waals surface area (Å²) in [6, 6.07) is 16.6. The fourth-order valence-corrected chi connectivity index (χ4v) is 4.08. The van der Waals surface area contributed by atoms with Crippen LogP contribution in [0.1, 0.15) is 16.1 Å². The highest BCUT2D eigenvalue weighted by Gasteiger charge is 2.24. The van der Waals surface area contributed by atoms with Gasteiger partial charge in [0.1, 0.15) is 5.69 Å². The van der Waals surface area contributed by atoms with Gasteiger partial charge in [-0.05, 0) is 23.8 Å². The molecule has 2 aromatic heterocycles. The van der Waals surface area contributed by atoms with E-state index in [9.17, 15) is 4.79 Å². The van der Waals surface area contributed by atoms with Crippen LogP contribution in [0, 0.1) is 0 Å². The average molecular weight is 441 g/mol. The number of aromatic nitrogens is 3. The van der Waals surface area contributed by atoms with Gasteiger partial charge in [-0.2, -0.15) is 9.97 Å². The second kappa shape index (κ2) is 8.64. The normalized spacial score (nSPS) is 10.8. The number of halogens is 1. The summed E-state index contributed by atoms with van der Waals surface area (Å²) in [5.41, 5.74) is 1.87. The molecule has 2 aromatic carbocycles. The number of hydrogen-bond acceptors (Lipinski definition) is 7. The molecule has 9 heteroatoms. The maximum absolute atomic E-state index is 13.5. The van der Waals surface area contributed by atoms with E-state index in [1.165, 1.54) is 31.6 Å². The van der Waals surface area contributed by atoms with Gasteiger partial charge < -0.3 is 9.47 Å². The van der Waals surface area contributed by atoms with Crippen LogP contribution in [-0.4, -0.2) is 35.1 Å². The van der Waals surface area contributed by atoms with E-state index in [1.807, 2.05) is 42.5 Å². The van der Waals surface area contributed by atoms with Gasteiger partial charge in [0.05, 0.1) is 31.0 Å². The number of amides is 1. The van der Waals surface area contributed by atoms with Crippen molar-refractivity contribution in [3.05, 3.63) is 70.9 Å². The van der Waals surface area contributed by atoms with Gasteiger partial charge in [0.2, 0.25) is 5.88 Å². The lowest BCUT2D eigenvalue weighted by Gasteiger charge is -2.20. The Bertz CT molecular complexity index is 1180. The third kappa shape index (κ3) is 4.19. The van der Waals surface area contributed by atoms with Crippen molar-refractivity contribution in [1.82, 2.24) is 15.0 Å². The van der Waals surface area contributed by atoms with E-state index in [2.05, 4.69) is 15.0 Å². The number of thiazole rings is 1. The van der Waals surface area contributed by atoms with Crippen LogP contribution in [0.25, 0.3) is 10.2 Å². The lowest BCUT2D eigenvalue weighted by Crippen LogP contribution is -2.31. The van der Waals surface area contributed by atoms with Gasteiger partial charge in [0, 0.05) is 11.1 Å². The topological polar surface area (TPSA) is 77.4 Å².